The highest BCUT2D eigenvalue weighted by atomic mass is 16.5. The van der Waals surface area contributed by atoms with Gasteiger partial charge in [0.1, 0.15) is 11.5 Å². The standard InChI is InChI=1S/C25H36N2O2/c1-3-20(26)7-5-13-28-22-9-11-24-18(16-22)15-19-17-23(10-12-25(19)24)29-14-6-8-21(27)4-2/h9-12,16-17,20-21H,3-8,13-15,26-27H2,1-2H3. The fraction of sp³-hybridized carbons (Fsp3) is 0.520. The van der Waals surface area contributed by atoms with Gasteiger partial charge in [-0.05, 0) is 91.5 Å². The van der Waals surface area contributed by atoms with E-state index in [0.29, 0.717) is 0 Å². The molecule has 4 heteroatoms. The lowest BCUT2D eigenvalue weighted by Crippen LogP contribution is -2.19. The minimum absolute atomic E-state index is 0.285. The van der Waals surface area contributed by atoms with Crippen molar-refractivity contribution < 1.29 is 9.47 Å². The molecule has 4 N–H and O–H groups in total. The van der Waals surface area contributed by atoms with Crippen LogP contribution >= 0.6 is 0 Å². The lowest BCUT2D eigenvalue weighted by molar-refractivity contribution is 0.300. The first-order valence-corrected chi connectivity index (χ1v) is 11.1. The molecule has 0 bridgehead atoms. The van der Waals surface area contributed by atoms with E-state index in [1.807, 2.05) is 0 Å². The second-order valence-electron chi connectivity index (χ2n) is 8.13. The minimum atomic E-state index is 0.285. The summed E-state index contributed by atoms with van der Waals surface area (Å²) in [5.74, 6) is 1.90. The van der Waals surface area contributed by atoms with Crippen molar-refractivity contribution in [2.75, 3.05) is 13.2 Å². The third kappa shape index (κ3) is 5.97. The third-order valence-electron chi connectivity index (χ3n) is 5.85. The van der Waals surface area contributed by atoms with Gasteiger partial charge in [0.2, 0.25) is 0 Å². The van der Waals surface area contributed by atoms with Crippen LogP contribution in [0, 0.1) is 0 Å². The van der Waals surface area contributed by atoms with Crippen LogP contribution in [0.4, 0.5) is 0 Å². The number of nitrogens with two attached hydrogens (primary N) is 2. The molecular formula is C25H36N2O2. The van der Waals surface area contributed by atoms with Crippen LogP contribution < -0.4 is 20.9 Å². The molecule has 3 rings (SSSR count). The SMILES string of the molecule is CCC(N)CCCOc1ccc2c(c1)Cc1cc(OCCCC(N)CC)ccc1-2. The average molecular weight is 397 g/mol. The summed E-state index contributed by atoms with van der Waals surface area (Å²) in [7, 11) is 0. The zero-order chi connectivity index (χ0) is 20.6. The molecule has 0 radical (unpaired) electrons. The van der Waals surface area contributed by atoms with Gasteiger partial charge in [-0.3, -0.25) is 0 Å². The van der Waals surface area contributed by atoms with Crippen LogP contribution in [0.2, 0.25) is 0 Å². The average Bonchev–Trinajstić information content (AvgIpc) is 3.10. The predicted octanol–water partition coefficient (Wildman–Crippen LogP) is 5.05. The van der Waals surface area contributed by atoms with Gasteiger partial charge in [-0.15, -0.1) is 0 Å². The normalized spacial score (nSPS) is 14.2. The smallest absolute Gasteiger partial charge is 0.119 e. The van der Waals surface area contributed by atoms with Gasteiger partial charge in [0.15, 0.2) is 0 Å². The number of benzene rings is 2. The summed E-state index contributed by atoms with van der Waals surface area (Å²) in [6, 6.07) is 13.5. The summed E-state index contributed by atoms with van der Waals surface area (Å²) in [6.45, 7) is 5.70. The Labute approximate surface area is 175 Å². The number of rotatable bonds is 12. The Morgan fingerprint density at radius 2 is 1.21 bits per heavy atom. The van der Waals surface area contributed by atoms with Crippen molar-refractivity contribution in [1.29, 1.82) is 0 Å². The molecule has 0 fully saturated rings. The number of hydrogen-bond acceptors (Lipinski definition) is 4. The Morgan fingerprint density at radius 1 is 0.759 bits per heavy atom. The molecule has 0 saturated carbocycles. The molecule has 0 saturated heterocycles. The van der Waals surface area contributed by atoms with E-state index in [4.69, 9.17) is 20.9 Å². The van der Waals surface area contributed by atoms with Crippen LogP contribution in [0.25, 0.3) is 11.1 Å². The van der Waals surface area contributed by atoms with Crippen LogP contribution in [-0.4, -0.2) is 25.3 Å². The molecule has 0 aromatic heterocycles. The van der Waals surface area contributed by atoms with Crippen molar-refractivity contribution in [3.05, 3.63) is 47.5 Å². The van der Waals surface area contributed by atoms with E-state index < -0.39 is 0 Å². The first-order chi connectivity index (χ1) is 14.1. The fourth-order valence-electron chi connectivity index (χ4n) is 3.82. The van der Waals surface area contributed by atoms with E-state index in [1.54, 1.807) is 0 Å². The lowest BCUT2D eigenvalue weighted by Gasteiger charge is -2.11. The summed E-state index contributed by atoms with van der Waals surface area (Å²) < 4.78 is 11.9. The molecule has 158 valence electrons. The van der Waals surface area contributed by atoms with Crippen LogP contribution in [0.1, 0.15) is 63.5 Å². The Bertz CT molecular complexity index is 725. The van der Waals surface area contributed by atoms with E-state index in [2.05, 4.69) is 50.2 Å². The van der Waals surface area contributed by atoms with E-state index in [1.165, 1.54) is 22.3 Å². The first-order valence-electron chi connectivity index (χ1n) is 11.1. The van der Waals surface area contributed by atoms with Gasteiger partial charge in [-0.25, -0.2) is 0 Å². The summed E-state index contributed by atoms with van der Waals surface area (Å²) >= 11 is 0. The van der Waals surface area contributed by atoms with Crippen molar-refractivity contribution >= 4 is 0 Å². The topological polar surface area (TPSA) is 70.5 Å². The van der Waals surface area contributed by atoms with Gasteiger partial charge in [0.25, 0.3) is 0 Å². The molecule has 2 aromatic carbocycles. The van der Waals surface area contributed by atoms with E-state index in [-0.39, 0.29) is 12.1 Å². The zero-order valence-corrected chi connectivity index (χ0v) is 18.0. The molecule has 0 aliphatic heterocycles. The summed E-state index contributed by atoms with van der Waals surface area (Å²) in [5, 5.41) is 0. The molecule has 1 aliphatic carbocycles. The van der Waals surface area contributed by atoms with Crippen LogP contribution in [0.5, 0.6) is 11.5 Å². The van der Waals surface area contributed by atoms with Gasteiger partial charge in [0, 0.05) is 12.1 Å². The Morgan fingerprint density at radius 3 is 1.62 bits per heavy atom. The molecule has 2 atom stereocenters. The van der Waals surface area contributed by atoms with Gasteiger partial charge in [-0.1, -0.05) is 26.0 Å². The predicted molar refractivity (Wildman–Crippen MR) is 121 cm³/mol. The highest BCUT2D eigenvalue weighted by Crippen LogP contribution is 2.39. The van der Waals surface area contributed by atoms with Crippen molar-refractivity contribution in [2.24, 2.45) is 11.5 Å². The van der Waals surface area contributed by atoms with Crippen molar-refractivity contribution in [1.82, 2.24) is 0 Å². The fourth-order valence-corrected chi connectivity index (χ4v) is 3.82. The van der Waals surface area contributed by atoms with Crippen LogP contribution in [-0.2, 0) is 6.42 Å². The van der Waals surface area contributed by atoms with Crippen molar-refractivity contribution in [3.63, 3.8) is 0 Å². The maximum Gasteiger partial charge on any atom is 0.119 e. The highest BCUT2D eigenvalue weighted by molar-refractivity contribution is 5.78. The molecule has 4 nitrogen and oxygen atoms in total. The molecule has 2 unspecified atom stereocenters. The molecular weight excluding hydrogens is 360 g/mol. The maximum atomic E-state index is 5.97. The third-order valence-corrected chi connectivity index (χ3v) is 5.85. The monoisotopic (exact) mass is 396 g/mol. The van der Waals surface area contributed by atoms with Crippen molar-refractivity contribution in [3.8, 4) is 22.6 Å². The Kier molecular flexibility index (Phi) is 7.96. The molecule has 29 heavy (non-hydrogen) atoms. The molecule has 0 spiro atoms. The Balaban J connectivity index is 1.53. The number of ether oxygens (including phenoxy) is 2. The van der Waals surface area contributed by atoms with Gasteiger partial charge in [-0.2, -0.15) is 0 Å². The summed E-state index contributed by atoms with van der Waals surface area (Å²) in [5.41, 5.74) is 17.2. The lowest BCUT2D eigenvalue weighted by atomic mass is 10.1. The number of fused-ring (bicyclic) bond motifs is 3. The number of hydrogen-bond donors (Lipinski definition) is 2. The minimum Gasteiger partial charge on any atom is -0.494 e. The van der Waals surface area contributed by atoms with Gasteiger partial charge < -0.3 is 20.9 Å². The van der Waals surface area contributed by atoms with Crippen molar-refractivity contribution in [2.45, 2.75) is 70.9 Å². The molecule has 2 aromatic rings. The van der Waals surface area contributed by atoms with E-state index in [9.17, 15) is 0 Å². The maximum absolute atomic E-state index is 5.97. The van der Waals surface area contributed by atoms with Crippen LogP contribution in [0.3, 0.4) is 0 Å². The largest absolute Gasteiger partial charge is 0.494 e. The highest BCUT2D eigenvalue weighted by Gasteiger charge is 2.19. The first kappa shape index (κ1) is 21.7. The van der Waals surface area contributed by atoms with Crippen LogP contribution in [0.15, 0.2) is 36.4 Å². The van der Waals surface area contributed by atoms with E-state index in [0.717, 1.165) is 69.7 Å². The quantitative estimate of drug-likeness (QED) is 0.420. The molecule has 0 heterocycles. The zero-order valence-electron chi connectivity index (χ0n) is 18.0. The van der Waals surface area contributed by atoms with E-state index >= 15 is 0 Å². The second-order valence-corrected chi connectivity index (χ2v) is 8.13. The van der Waals surface area contributed by atoms with Gasteiger partial charge >= 0.3 is 0 Å². The second kappa shape index (κ2) is 10.7. The Hall–Kier alpha value is -2.04. The molecule has 1 aliphatic rings. The summed E-state index contributed by atoms with van der Waals surface area (Å²) in [6.07, 6.45) is 7.00. The summed E-state index contributed by atoms with van der Waals surface area (Å²) in [4.78, 5) is 0. The van der Waals surface area contributed by atoms with Gasteiger partial charge in [0.05, 0.1) is 13.2 Å². The molecule has 0 amide bonds.